The SMILES string of the molecule is CC(C)O.[K]. The summed E-state index contributed by atoms with van der Waals surface area (Å²) in [6.07, 6.45) is -0.167. The summed E-state index contributed by atoms with van der Waals surface area (Å²) in [6, 6.07) is 0. The zero-order chi connectivity index (χ0) is 3.58. The molecule has 0 aromatic rings. The smallest absolute Gasteiger partial charge is 0.0483 e. The molecule has 0 heterocycles. The summed E-state index contributed by atoms with van der Waals surface area (Å²) in [5.41, 5.74) is 0. The molecule has 1 nitrogen and oxygen atoms in total. The van der Waals surface area contributed by atoms with Crippen LogP contribution in [-0.2, 0) is 0 Å². The fourth-order valence-corrected chi connectivity index (χ4v) is 0. The maximum atomic E-state index is 8.06. The van der Waals surface area contributed by atoms with Crippen molar-refractivity contribution >= 4 is 51.4 Å². The molecule has 0 aromatic carbocycles. The summed E-state index contributed by atoms with van der Waals surface area (Å²) in [4.78, 5) is 0. The molecule has 0 spiro atoms. The first kappa shape index (κ1) is 9.78. The largest absolute Gasteiger partial charge is 0.394 e. The number of rotatable bonds is 0. The first-order valence-corrected chi connectivity index (χ1v) is 1.41. The van der Waals surface area contributed by atoms with Gasteiger partial charge in [0, 0.05) is 57.5 Å². The predicted molar refractivity (Wildman–Crippen MR) is 23.1 cm³/mol. The van der Waals surface area contributed by atoms with E-state index in [0.717, 1.165) is 0 Å². The van der Waals surface area contributed by atoms with Crippen molar-refractivity contribution < 1.29 is 5.11 Å². The normalized spacial score (nSPS) is 7.20. The van der Waals surface area contributed by atoms with E-state index in [-0.39, 0.29) is 57.5 Å². The van der Waals surface area contributed by atoms with Crippen LogP contribution in [0.5, 0.6) is 0 Å². The molecule has 0 unspecified atom stereocenters. The maximum Gasteiger partial charge on any atom is 0.0483 e. The second-order valence-corrected chi connectivity index (χ2v) is 1.09. The number of aliphatic hydroxyl groups excluding tert-OH is 1. The van der Waals surface area contributed by atoms with Crippen molar-refractivity contribution in [3.8, 4) is 0 Å². The van der Waals surface area contributed by atoms with Crippen LogP contribution in [0.15, 0.2) is 0 Å². The average Bonchev–Trinajstić information content (AvgIpc) is 0.811. The quantitative estimate of drug-likeness (QED) is 0.424. The molecule has 27 valence electrons. The van der Waals surface area contributed by atoms with Gasteiger partial charge in [-0.3, -0.25) is 0 Å². The molecule has 0 bridgehead atoms. The van der Waals surface area contributed by atoms with Crippen molar-refractivity contribution in [1.29, 1.82) is 0 Å². The van der Waals surface area contributed by atoms with Gasteiger partial charge >= 0.3 is 0 Å². The third kappa shape index (κ3) is 28.4. The topological polar surface area (TPSA) is 20.2 Å². The van der Waals surface area contributed by atoms with E-state index < -0.39 is 0 Å². The molecule has 0 aliphatic carbocycles. The minimum Gasteiger partial charge on any atom is -0.394 e. The monoisotopic (exact) mass is 99.0 g/mol. The Morgan fingerprint density at radius 3 is 1.40 bits per heavy atom. The van der Waals surface area contributed by atoms with Crippen molar-refractivity contribution in [2.24, 2.45) is 0 Å². The van der Waals surface area contributed by atoms with Crippen molar-refractivity contribution in [1.82, 2.24) is 0 Å². The molecular formula is C3H8KO. The van der Waals surface area contributed by atoms with Gasteiger partial charge in [0.05, 0.1) is 0 Å². The Bertz CT molecular complexity index is 11.6. The Balaban J connectivity index is 0. The van der Waals surface area contributed by atoms with Crippen LogP contribution in [0.3, 0.4) is 0 Å². The zero-order valence-corrected chi connectivity index (χ0v) is 7.15. The molecule has 0 aliphatic rings. The molecule has 0 aromatic heterocycles. The maximum absolute atomic E-state index is 8.06. The predicted octanol–water partition coefficient (Wildman–Crippen LogP) is 0.00630. The van der Waals surface area contributed by atoms with Gasteiger partial charge in [-0.25, -0.2) is 0 Å². The van der Waals surface area contributed by atoms with Crippen molar-refractivity contribution in [2.45, 2.75) is 20.0 Å². The van der Waals surface area contributed by atoms with E-state index in [4.69, 9.17) is 5.11 Å². The fraction of sp³-hybridized carbons (Fsp3) is 1.00. The van der Waals surface area contributed by atoms with Crippen LogP contribution >= 0.6 is 0 Å². The second-order valence-electron chi connectivity index (χ2n) is 1.09. The molecule has 1 radical (unpaired) electrons. The third-order valence-corrected chi connectivity index (χ3v) is 0. The van der Waals surface area contributed by atoms with E-state index in [0.29, 0.717) is 0 Å². The molecule has 0 fully saturated rings. The first-order chi connectivity index (χ1) is 1.73. The van der Waals surface area contributed by atoms with Crippen LogP contribution < -0.4 is 0 Å². The van der Waals surface area contributed by atoms with Crippen LogP contribution in [0.1, 0.15) is 13.8 Å². The number of hydrogen-bond acceptors (Lipinski definition) is 1. The van der Waals surface area contributed by atoms with Crippen LogP contribution in [-0.4, -0.2) is 62.6 Å². The fourth-order valence-electron chi connectivity index (χ4n) is 0. The minimum atomic E-state index is -0.167. The minimum absolute atomic E-state index is 0. The third-order valence-electron chi connectivity index (χ3n) is 0. The summed E-state index contributed by atoms with van der Waals surface area (Å²) in [5.74, 6) is 0. The van der Waals surface area contributed by atoms with Gasteiger partial charge in [-0.2, -0.15) is 0 Å². The average molecular weight is 99.2 g/mol. The van der Waals surface area contributed by atoms with E-state index >= 15 is 0 Å². The molecule has 1 N–H and O–H groups in total. The second kappa shape index (κ2) is 5.60. The molecule has 0 aliphatic heterocycles. The van der Waals surface area contributed by atoms with Gasteiger partial charge in [0.2, 0.25) is 0 Å². The standard InChI is InChI=1S/C3H8O.K/c1-3(2)4;/h3-4H,1-2H3;. The van der Waals surface area contributed by atoms with Crippen molar-refractivity contribution in [3.63, 3.8) is 0 Å². The molecule has 0 saturated carbocycles. The number of aliphatic hydroxyl groups is 1. The van der Waals surface area contributed by atoms with Gasteiger partial charge in [0.25, 0.3) is 0 Å². The van der Waals surface area contributed by atoms with Crippen LogP contribution in [0.4, 0.5) is 0 Å². The zero-order valence-electron chi connectivity index (χ0n) is 4.02. The Labute approximate surface area is 75.2 Å². The van der Waals surface area contributed by atoms with Gasteiger partial charge in [0.15, 0.2) is 0 Å². The summed E-state index contributed by atoms with van der Waals surface area (Å²) < 4.78 is 0. The summed E-state index contributed by atoms with van der Waals surface area (Å²) in [7, 11) is 0. The van der Waals surface area contributed by atoms with E-state index in [2.05, 4.69) is 0 Å². The Kier molecular flexibility index (Phi) is 10.9. The Morgan fingerprint density at radius 2 is 1.40 bits per heavy atom. The Morgan fingerprint density at radius 1 is 1.40 bits per heavy atom. The first-order valence-electron chi connectivity index (χ1n) is 1.41. The Hall–Kier alpha value is 1.60. The summed E-state index contributed by atoms with van der Waals surface area (Å²) in [5, 5.41) is 8.06. The molecular weight excluding hydrogens is 91.1 g/mol. The molecule has 0 saturated heterocycles. The van der Waals surface area contributed by atoms with Gasteiger partial charge < -0.3 is 5.11 Å². The van der Waals surface area contributed by atoms with Crippen LogP contribution in [0, 0.1) is 0 Å². The molecule has 0 amide bonds. The van der Waals surface area contributed by atoms with E-state index in [1.165, 1.54) is 0 Å². The molecule has 0 rings (SSSR count). The van der Waals surface area contributed by atoms with Crippen LogP contribution in [0.25, 0.3) is 0 Å². The summed E-state index contributed by atoms with van der Waals surface area (Å²) in [6.45, 7) is 3.44. The van der Waals surface area contributed by atoms with E-state index in [1.807, 2.05) is 0 Å². The van der Waals surface area contributed by atoms with Gasteiger partial charge in [-0.1, -0.05) is 0 Å². The van der Waals surface area contributed by atoms with E-state index in [9.17, 15) is 0 Å². The van der Waals surface area contributed by atoms with Gasteiger partial charge in [-0.05, 0) is 13.8 Å². The summed E-state index contributed by atoms with van der Waals surface area (Å²) >= 11 is 0. The van der Waals surface area contributed by atoms with E-state index in [1.54, 1.807) is 13.8 Å². The van der Waals surface area contributed by atoms with Crippen molar-refractivity contribution in [2.75, 3.05) is 0 Å². The molecule has 5 heavy (non-hydrogen) atoms. The van der Waals surface area contributed by atoms with Gasteiger partial charge in [-0.15, -0.1) is 0 Å². The van der Waals surface area contributed by atoms with Crippen molar-refractivity contribution in [3.05, 3.63) is 0 Å². The van der Waals surface area contributed by atoms with Gasteiger partial charge in [0.1, 0.15) is 0 Å². The number of hydrogen-bond donors (Lipinski definition) is 1. The molecule has 0 atom stereocenters. The van der Waals surface area contributed by atoms with Crippen LogP contribution in [0.2, 0.25) is 0 Å². The molecule has 2 heteroatoms.